The third kappa shape index (κ3) is 5.14. The van der Waals surface area contributed by atoms with Gasteiger partial charge in [0.1, 0.15) is 6.61 Å². The van der Waals surface area contributed by atoms with Crippen LogP contribution in [0.1, 0.15) is 85.0 Å². The number of esters is 1. The van der Waals surface area contributed by atoms with Crippen LogP contribution in [-0.2, 0) is 19.6 Å². The number of alkyl halides is 3. The summed E-state index contributed by atoms with van der Waals surface area (Å²) in [5, 5.41) is 16.5. The quantitative estimate of drug-likeness (QED) is 0.285. The molecular formula is C27H43F3O7S. The van der Waals surface area contributed by atoms with Gasteiger partial charge in [0.25, 0.3) is 0 Å². The van der Waals surface area contributed by atoms with Crippen LogP contribution in [0.4, 0.5) is 13.2 Å². The van der Waals surface area contributed by atoms with Gasteiger partial charge in [0.05, 0.1) is 12.2 Å². The van der Waals surface area contributed by atoms with E-state index < -0.39 is 34.1 Å². The van der Waals surface area contributed by atoms with Gasteiger partial charge in [-0.05, 0) is 104 Å². The SMILES string of the molecule is C[C@H](CCC(=O)OCC(F)C(F)(F)S(=O)(=O)O)[C@H]1CC[C@H]2[C@@H]3[C@@H](O)C[C@@H]4C[C@H](O)CC[C@]4(C)[C@H]3CC[C@]12C. The Balaban J connectivity index is 1.35. The van der Waals surface area contributed by atoms with E-state index in [2.05, 4.69) is 25.5 Å². The highest BCUT2D eigenvalue weighted by molar-refractivity contribution is 7.86. The summed E-state index contributed by atoms with van der Waals surface area (Å²) >= 11 is 0. The van der Waals surface area contributed by atoms with E-state index in [-0.39, 0.29) is 41.3 Å². The maximum atomic E-state index is 13.6. The Labute approximate surface area is 223 Å². The molecule has 11 heteroatoms. The van der Waals surface area contributed by atoms with Crippen molar-refractivity contribution >= 4 is 16.1 Å². The van der Waals surface area contributed by atoms with E-state index in [4.69, 9.17) is 4.55 Å². The lowest BCUT2D eigenvalue weighted by atomic mass is 9.43. The number of rotatable bonds is 8. The normalized spacial score (nSPS) is 42.9. The third-order valence-electron chi connectivity index (χ3n) is 11.3. The van der Waals surface area contributed by atoms with E-state index in [0.29, 0.717) is 30.1 Å². The molecule has 4 saturated carbocycles. The summed E-state index contributed by atoms with van der Waals surface area (Å²) in [6.45, 7) is 5.27. The number of aliphatic hydroxyl groups is 2. The van der Waals surface area contributed by atoms with Crippen LogP contribution in [0, 0.1) is 46.3 Å². The van der Waals surface area contributed by atoms with Crippen LogP contribution in [0.2, 0.25) is 0 Å². The van der Waals surface area contributed by atoms with Crippen molar-refractivity contribution in [3.8, 4) is 0 Å². The summed E-state index contributed by atoms with van der Waals surface area (Å²) in [7, 11) is -5.96. The molecule has 1 unspecified atom stereocenters. The number of halogens is 3. The molecule has 0 aromatic rings. The van der Waals surface area contributed by atoms with Gasteiger partial charge in [-0.1, -0.05) is 20.8 Å². The molecule has 3 N–H and O–H groups in total. The number of aliphatic hydroxyl groups excluding tert-OH is 2. The average Bonchev–Trinajstić information content (AvgIpc) is 3.18. The van der Waals surface area contributed by atoms with Crippen LogP contribution >= 0.6 is 0 Å². The zero-order valence-corrected chi connectivity index (χ0v) is 23.3. The maximum absolute atomic E-state index is 13.6. The Morgan fingerprint density at radius 1 is 1.05 bits per heavy atom. The predicted octanol–water partition coefficient (Wildman–Crippen LogP) is 4.76. The molecule has 4 aliphatic rings. The van der Waals surface area contributed by atoms with E-state index in [1.807, 2.05) is 0 Å². The molecule has 11 atom stereocenters. The molecule has 7 nitrogen and oxygen atoms in total. The predicted molar refractivity (Wildman–Crippen MR) is 133 cm³/mol. The molecule has 220 valence electrons. The molecule has 4 aliphatic carbocycles. The van der Waals surface area contributed by atoms with Crippen molar-refractivity contribution in [3.63, 3.8) is 0 Å². The molecule has 0 heterocycles. The second-order valence-electron chi connectivity index (χ2n) is 13.2. The van der Waals surface area contributed by atoms with Crippen molar-refractivity contribution in [2.75, 3.05) is 6.61 Å². The zero-order chi connectivity index (χ0) is 28.3. The lowest BCUT2D eigenvalue weighted by Gasteiger charge is -2.62. The van der Waals surface area contributed by atoms with Gasteiger partial charge in [-0.3, -0.25) is 9.35 Å². The topological polar surface area (TPSA) is 121 Å². The molecule has 0 spiro atoms. The zero-order valence-electron chi connectivity index (χ0n) is 22.5. The van der Waals surface area contributed by atoms with Crippen molar-refractivity contribution in [2.24, 2.45) is 46.3 Å². The van der Waals surface area contributed by atoms with E-state index >= 15 is 0 Å². The number of hydrogen-bond acceptors (Lipinski definition) is 6. The van der Waals surface area contributed by atoms with Gasteiger partial charge in [-0.25, -0.2) is 4.39 Å². The summed E-state index contributed by atoms with van der Waals surface area (Å²) < 4.78 is 74.7. The van der Waals surface area contributed by atoms with Crippen LogP contribution in [0.15, 0.2) is 0 Å². The van der Waals surface area contributed by atoms with Crippen LogP contribution in [0.5, 0.6) is 0 Å². The Kier molecular flexibility index (Phi) is 8.30. The van der Waals surface area contributed by atoms with Crippen molar-refractivity contribution in [1.82, 2.24) is 0 Å². The molecule has 0 aromatic carbocycles. The van der Waals surface area contributed by atoms with Crippen LogP contribution in [0.25, 0.3) is 0 Å². The highest BCUT2D eigenvalue weighted by Gasteiger charge is 2.63. The van der Waals surface area contributed by atoms with Crippen LogP contribution < -0.4 is 0 Å². The summed E-state index contributed by atoms with van der Waals surface area (Å²) in [4.78, 5) is 12.1. The van der Waals surface area contributed by atoms with E-state index in [1.54, 1.807) is 0 Å². The van der Waals surface area contributed by atoms with Gasteiger partial charge in [-0.2, -0.15) is 17.2 Å². The fourth-order valence-corrected chi connectivity index (χ4v) is 9.61. The Morgan fingerprint density at radius 3 is 2.34 bits per heavy atom. The Hall–Kier alpha value is -0.910. The van der Waals surface area contributed by atoms with Gasteiger partial charge in [0.15, 0.2) is 0 Å². The van der Waals surface area contributed by atoms with E-state index in [1.165, 1.54) is 0 Å². The molecule has 0 aromatic heterocycles. The molecule has 0 saturated heterocycles. The number of ether oxygens (including phenoxy) is 1. The second kappa shape index (κ2) is 10.5. The smallest absolute Gasteiger partial charge is 0.403 e. The van der Waals surface area contributed by atoms with Gasteiger partial charge in [0.2, 0.25) is 6.17 Å². The average molecular weight is 569 g/mol. The molecule has 38 heavy (non-hydrogen) atoms. The van der Waals surface area contributed by atoms with Gasteiger partial charge < -0.3 is 14.9 Å². The fourth-order valence-electron chi connectivity index (χ4n) is 9.22. The van der Waals surface area contributed by atoms with E-state index in [0.717, 1.165) is 51.4 Å². The number of fused-ring (bicyclic) bond motifs is 5. The van der Waals surface area contributed by atoms with Crippen molar-refractivity contribution in [3.05, 3.63) is 0 Å². The molecule has 0 amide bonds. The first-order valence-corrected chi connectivity index (χ1v) is 15.5. The lowest BCUT2D eigenvalue weighted by molar-refractivity contribution is -0.174. The molecule has 0 aliphatic heterocycles. The molecule has 0 radical (unpaired) electrons. The number of carbonyl (C=O) groups excluding carboxylic acids is 1. The maximum Gasteiger partial charge on any atom is 0.403 e. The molecule has 0 bridgehead atoms. The first-order valence-electron chi connectivity index (χ1n) is 14.0. The molecule has 4 rings (SSSR count). The minimum absolute atomic E-state index is 0.00439. The van der Waals surface area contributed by atoms with Crippen molar-refractivity contribution in [2.45, 2.75) is 109 Å². The number of hydrogen-bond donors (Lipinski definition) is 3. The third-order valence-corrected chi connectivity index (χ3v) is 12.3. The molecular weight excluding hydrogens is 525 g/mol. The van der Waals surface area contributed by atoms with Gasteiger partial charge >= 0.3 is 21.3 Å². The second-order valence-corrected chi connectivity index (χ2v) is 14.7. The first kappa shape index (κ1) is 30.1. The van der Waals surface area contributed by atoms with E-state index in [9.17, 15) is 36.6 Å². The molecule has 4 fully saturated rings. The summed E-state index contributed by atoms with van der Waals surface area (Å²) in [6.07, 6.45) is 3.65. The monoisotopic (exact) mass is 568 g/mol. The minimum atomic E-state index is -5.96. The number of carbonyl (C=O) groups is 1. The minimum Gasteiger partial charge on any atom is -0.462 e. The highest BCUT2D eigenvalue weighted by atomic mass is 32.2. The summed E-state index contributed by atoms with van der Waals surface area (Å²) in [5.74, 6) is 0.896. The Morgan fingerprint density at radius 2 is 1.68 bits per heavy atom. The summed E-state index contributed by atoms with van der Waals surface area (Å²) in [6, 6.07) is 0. The van der Waals surface area contributed by atoms with Gasteiger partial charge in [-0.15, -0.1) is 0 Å². The van der Waals surface area contributed by atoms with Crippen LogP contribution in [-0.4, -0.2) is 59.4 Å². The van der Waals surface area contributed by atoms with Crippen LogP contribution in [0.3, 0.4) is 0 Å². The fraction of sp³-hybridized carbons (Fsp3) is 0.963. The summed E-state index contributed by atoms with van der Waals surface area (Å²) in [5.41, 5.74) is 0.142. The van der Waals surface area contributed by atoms with Crippen molar-refractivity contribution in [1.29, 1.82) is 0 Å². The first-order chi connectivity index (χ1) is 17.5. The highest BCUT2D eigenvalue weighted by Crippen LogP contribution is 2.68. The standard InChI is InChI=1S/C27H43F3O7S/c1-15(4-7-23(33)37-14-22(28)27(29,30)38(34,35)36)18-5-6-19-24-20(9-11-26(18,19)3)25(2)10-8-17(31)12-16(25)13-21(24)32/h15-22,24,31-32H,4-14H2,1-3H3,(H,34,35,36)/t15-,16+,17-,18-,19+,20+,21+,22?,24+,25+,26-/m1/s1. The van der Waals surface area contributed by atoms with Gasteiger partial charge in [0, 0.05) is 6.42 Å². The Bertz CT molecular complexity index is 993. The lowest BCUT2D eigenvalue weighted by Crippen LogP contribution is -2.58. The van der Waals surface area contributed by atoms with Crippen molar-refractivity contribution < 1.29 is 45.9 Å². The largest absolute Gasteiger partial charge is 0.462 e.